The van der Waals surface area contributed by atoms with Gasteiger partial charge in [0.1, 0.15) is 0 Å². The van der Waals surface area contributed by atoms with E-state index in [1.807, 2.05) is 0 Å². The van der Waals surface area contributed by atoms with Crippen molar-refractivity contribution < 1.29 is 4.79 Å². The van der Waals surface area contributed by atoms with E-state index in [1.165, 1.54) is 19.3 Å². The third-order valence-corrected chi connectivity index (χ3v) is 5.22. The Balaban J connectivity index is 1.73. The molecule has 0 aliphatic heterocycles. The quantitative estimate of drug-likeness (QED) is 0.838. The van der Waals surface area contributed by atoms with Crippen molar-refractivity contribution in [3.8, 4) is 6.07 Å². The molecule has 2 aliphatic carbocycles. The number of hydrogen-bond donors (Lipinski definition) is 0. The molecule has 0 spiro atoms. The largest absolute Gasteiger partial charge is 0.333 e. The van der Waals surface area contributed by atoms with E-state index in [-0.39, 0.29) is 5.91 Å². The first-order chi connectivity index (χ1) is 10.7. The van der Waals surface area contributed by atoms with E-state index in [0.717, 1.165) is 37.2 Å². The van der Waals surface area contributed by atoms with Gasteiger partial charge in [-0.25, -0.2) is 0 Å². The van der Waals surface area contributed by atoms with Gasteiger partial charge in [-0.1, -0.05) is 13.3 Å². The molecule has 0 atom stereocenters. The van der Waals surface area contributed by atoms with Crippen molar-refractivity contribution in [3.05, 3.63) is 35.4 Å². The average Bonchev–Trinajstić information content (AvgIpc) is 3.40. The predicted octanol–water partition coefficient (Wildman–Crippen LogP) is 4.13. The van der Waals surface area contributed by atoms with Gasteiger partial charge >= 0.3 is 0 Å². The number of benzene rings is 1. The van der Waals surface area contributed by atoms with Crippen LogP contribution in [0.25, 0.3) is 0 Å². The van der Waals surface area contributed by atoms with Gasteiger partial charge in [0.05, 0.1) is 11.6 Å². The van der Waals surface area contributed by atoms with Crippen molar-refractivity contribution in [2.45, 2.75) is 64.0 Å². The Bertz CT molecular complexity index is 560. The fourth-order valence-corrected chi connectivity index (χ4v) is 3.65. The SMILES string of the molecule is CCC1CCC(N(C(=O)c2ccc(C#N)cc2)C2CC2)CC1. The molecule has 1 amide bonds. The minimum absolute atomic E-state index is 0.159. The van der Waals surface area contributed by atoms with Crippen LogP contribution >= 0.6 is 0 Å². The molecule has 1 aromatic rings. The van der Waals surface area contributed by atoms with Crippen molar-refractivity contribution in [1.82, 2.24) is 4.90 Å². The van der Waals surface area contributed by atoms with Gasteiger partial charge in [0.25, 0.3) is 5.91 Å². The second-order valence-corrected chi connectivity index (χ2v) is 6.72. The summed E-state index contributed by atoms with van der Waals surface area (Å²) in [6.07, 6.45) is 8.37. The minimum atomic E-state index is 0.159. The lowest BCUT2D eigenvalue weighted by Gasteiger charge is -2.37. The molecule has 0 N–H and O–H groups in total. The number of carbonyl (C=O) groups is 1. The Morgan fingerprint density at radius 3 is 2.09 bits per heavy atom. The smallest absolute Gasteiger partial charge is 0.254 e. The molecule has 2 fully saturated rings. The predicted molar refractivity (Wildman–Crippen MR) is 86.4 cm³/mol. The first kappa shape index (κ1) is 15.1. The van der Waals surface area contributed by atoms with Crippen LogP contribution in [-0.4, -0.2) is 22.9 Å². The maximum Gasteiger partial charge on any atom is 0.254 e. The summed E-state index contributed by atoms with van der Waals surface area (Å²) in [5, 5.41) is 8.88. The minimum Gasteiger partial charge on any atom is -0.333 e. The molecule has 0 heterocycles. The molecule has 116 valence electrons. The normalized spacial score (nSPS) is 24.5. The van der Waals surface area contributed by atoms with E-state index in [1.54, 1.807) is 24.3 Å². The van der Waals surface area contributed by atoms with Crippen LogP contribution in [0, 0.1) is 17.2 Å². The van der Waals surface area contributed by atoms with Gasteiger partial charge in [0, 0.05) is 17.6 Å². The maximum atomic E-state index is 12.9. The first-order valence-electron chi connectivity index (χ1n) is 8.55. The third kappa shape index (κ3) is 3.16. The number of nitrogens with zero attached hydrogens (tertiary/aromatic N) is 2. The van der Waals surface area contributed by atoms with Crippen LogP contribution in [0.3, 0.4) is 0 Å². The van der Waals surface area contributed by atoms with Gasteiger partial charge in [-0.05, 0) is 68.7 Å². The molecule has 2 saturated carbocycles. The number of nitriles is 1. The molecule has 3 heteroatoms. The van der Waals surface area contributed by atoms with Gasteiger partial charge in [0.2, 0.25) is 0 Å². The molecule has 2 aliphatic rings. The highest BCUT2D eigenvalue weighted by atomic mass is 16.2. The number of rotatable bonds is 4. The van der Waals surface area contributed by atoms with Crippen LogP contribution in [-0.2, 0) is 0 Å². The number of hydrogen-bond acceptors (Lipinski definition) is 2. The van der Waals surface area contributed by atoms with Crippen LogP contribution < -0.4 is 0 Å². The molecule has 22 heavy (non-hydrogen) atoms. The Kier molecular flexibility index (Phi) is 4.47. The summed E-state index contributed by atoms with van der Waals surface area (Å²) < 4.78 is 0. The summed E-state index contributed by atoms with van der Waals surface area (Å²) in [6, 6.07) is 10.1. The van der Waals surface area contributed by atoms with Crippen molar-refractivity contribution >= 4 is 5.91 Å². The average molecular weight is 296 g/mol. The van der Waals surface area contributed by atoms with Gasteiger partial charge in [-0.15, -0.1) is 0 Å². The van der Waals surface area contributed by atoms with Crippen molar-refractivity contribution in [2.24, 2.45) is 5.92 Å². The van der Waals surface area contributed by atoms with Crippen molar-refractivity contribution in [1.29, 1.82) is 5.26 Å². The Morgan fingerprint density at radius 1 is 1.09 bits per heavy atom. The Morgan fingerprint density at radius 2 is 1.64 bits per heavy atom. The zero-order valence-corrected chi connectivity index (χ0v) is 13.3. The van der Waals surface area contributed by atoms with Gasteiger partial charge in [-0.2, -0.15) is 5.26 Å². The molecule has 0 radical (unpaired) electrons. The van der Waals surface area contributed by atoms with E-state index in [4.69, 9.17) is 5.26 Å². The van der Waals surface area contributed by atoms with Crippen LogP contribution in [0.15, 0.2) is 24.3 Å². The molecular formula is C19H24N2O. The third-order valence-electron chi connectivity index (χ3n) is 5.22. The van der Waals surface area contributed by atoms with Crippen LogP contribution in [0.4, 0.5) is 0 Å². The van der Waals surface area contributed by atoms with Crippen LogP contribution in [0.1, 0.15) is 67.8 Å². The lowest BCUT2D eigenvalue weighted by Crippen LogP contribution is -2.43. The molecule has 0 saturated heterocycles. The zero-order chi connectivity index (χ0) is 15.5. The van der Waals surface area contributed by atoms with E-state index in [9.17, 15) is 4.79 Å². The summed E-state index contributed by atoms with van der Waals surface area (Å²) in [7, 11) is 0. The lowest BCUT2D eigenvalue weighted by molar-refractivity contribution is 0.0587. The summed E-state index contributed by atoms with van der Waals surface area (Å²) in [4.78, 5) is 15.1. The maximum absolute atomic E-state index is 12.9. The van der Waals surface area contributed by atoms with E-state index in [2.05, 4.69) is 17.9 Å². The first-order valence-corrected chi connectivity index (χ1v) is 8.55. The van der Waals surface area contributed by atoms with Gasteiger partial charge in [0.15, 0.2) is 0 Å². The van der Waals surface area contributed by atoms with Crippen molar-refractivity contribution in [2.75, 3.05) is 0 Å². The number of amides is 1. The molecule has 3 rings (SSSR count). The summed E-state index contributed by atoms with van der Waals surface area (Å²) in [5.74, 6) is 1.01. The Hall–Kier alpha value is -1.82. The highest BCUT2D eigenvalue weighted by molar-refractivity contribution is 5.95. The van der Waals surface area contributed by atoms with E-state index < -0.39 is 0 Å². The number of carbonyl (C=O) groups excluding carboxylic acids is 1. The molecule has 0 bridgehead atoms. The fourth-order valence-electron chi connectivity index (χ4n) is 3.65. The van der Waals surface area contributed by atoms with Gasteiger partial charge < -0.3 is 4.90 Å². The van der Waals surface area contributed by atoms with E-state index in [0.29, 0.717) is 17.6 Å². The lowest BCUT2D eigenvalue weighted by atomic mass is 9.83. The van der Waals surface area contributed by atoms with Gasteiger partial charge in [-0.3, -0.25) is 4.79 Å². The molecule has 1 aromatic carbocycles. The monoisotopic (exact) mass is 296 g/mol. The molecule has 0 unspecified atom stereocenters. The fraction of sp³-hybridized carbons (Fsp3) is 0.579. The van der Waals surface area contributed by atoms with Crippen LogP contribution in [0.2, 0.25) is 0 Å². The standard InChI is InChI=1S/C19H24N2O/c1-2-14-5-9-17(10-6-14)21(18-11-12-18)19(22)16-7-3-15(13-20)4-8-16/h3-4,7-8,14,17-18H,2,5-6,9-12H2,1H3. The second kappa shape index (κ2) is 6.52. The summed E-state index contributed by atoms with van der Waals surface area (Å²) in [5.41, 5.74) is 1.33. The highest BCUT2D eigenvalue weighted by Crippen LogP contribution is 2.37. The molecule has 3 nitrogen and oxygen atoms in total. The summed E-state index contributed by atoms with van der Waals surface area (Å²) >= 11 is 0. The molecule has 0 aromatic heterocycles. The molecular weight excluding hydrogens is 272 g/mol. The van der Waals surface area contributed by atoms with Crippen LogP contribution in [0.5, 0.6) is 0 Å². The second-order valence-electron chi connectivity index (χ2n) is 6.72. The topological polar surface area (TPSA) is 44.1 Å². The highest BCUT2D eigenvalue weighted by Gasteiger charge is 2.38. The zero-order valence-electron chi connectivity index (χ0n) is 13.3. The van der Waals surface area contributed by atoms with E-state index >= 15 is 0 Å². The Labute approximate surface area is 132 Å². The van der Waals surface area contributed by atoms with Crippen molar-refractivity contribution in [3.63, 3.8) is 0 Å². The summed E-state index contributed by atoms with van der Waals surface area (Å²) in [6.45, 7) is 2.27.